The number of benzene rings is 1. The highest BCUT2D eigenvalue weighted by molar-refractivity contribution is 5.87. The summed E-state index contributed by atoms with van der Waals surface area (Å²) >= 11 is 0. The molecule has 0 radical (unpaired) electrons. The van der Waals surface area contributed by atoms with Crippen LogP contribution in [0.1, 0.15) is 12.1 Å². The van der Waals surface area contributed by atoms with E-state index in [4.69, 9.17) is 0 Å². The number of fused-ring (bicyclic) bond motifs is 1. The molecule has 1 N–H and O–H groups in total. The molecular formula is C22H18F2N6O3. The van der Waals surface area contributed by atoms with E-state index in [-0.39, 0.29) is 30.0 Å². The Kier molecular flexibility index (Phi) is 4.69. The topological polar surface area (TPSA) is 109 Å². The van der Waals surface area contributed by atoms with Crippen molar-refractivity contribution in [1.82, 2.24) is 19.6 Å². The molecule has 11 heteroatoms. The van der Waals surface area contributed by atoms with Gasteiger partial charge in [0.1, 0.15) is 11.9 Å². The van der Waals surface area contributed by atoms with Crippen molar-refractivity contribution in [2.75, 3.05) is 18.0 Å². The molecule has 0 atom stereocenters. The van der Waals surface area contributed by atoms with E-state index in [0.29, 0.717) is 22.6 Å². The van der Waals surface area contributed by atoms with Gasteiger partial charge in [0, 0.05) is 30.2 Å². The number of hydrogen-bond donors (Lipinski definition) is 1. The number of anilines is 1. The van der Waals surface area contributed by atoms with Crippen molar-refractivity contribution in [3.63, 3.8) is 0 Å². The summed E-state index contributed by atoms with van der Waals surface area (Å²) in [4.78, 5) is 33.7. The Balaban J connectivity index is 1.74. The van der Waals surface area contributed by atoms with Gasteiger partial charge in [-0.2, -0.15) is 4.52 Å². The molecule has 0 saturated carbocycles. The Morgan fingerprint density at radius 2 is 1.91 bits per heavy atom. The molecule has 5 rings (SSSR count). The summed E-state index contributed by atoms with van der Waals surface area (Å²) < 4.78 is 29.4. The van der Waals surface area contributed by atoms with Gasteiger partial charge in [0.15, 0.2) is 5.65 Å². The summed E-state index contributed by atoms with van der Waals surface area (Å²) in [7, 11) is 0. The molecule has 0 bridgehead atoms. The first-order valence-electron chi connectivity index (χ1n) is 10.2. The maximum atomic E-state index is 14.1. The lowest BCUT2D eigenvalue weighted by Gasteiger charge is -2.18. The first-order chi connectivity index (χ1) is 15.7. The van der Waals surface area contributed by atoms with Crippen LogP contribution in [0.15, 0.2) is 53.5 Å². The van der Waals surface area contributed by atoms with E-state index in [9.17, 15) is 23.7 Å². The van der Waals surface area contributed by atoms with Crippen molar-refractivity contribution in [3.8, 4) is 22.4 Å². The molecule has 4 aromatic rings. The number of nitro groups is 1. The van der Waals surface area contributed by atoms with Crippen molar-refractivity contribution in [1.29, 1.82) is 0 Å². The number of aromatic nitrogens is 4. The molecule has 1 aromatic carbocycles. The molecule has 4 heterocycles. The van der Waals surface area contributed by atoms with Crippen LogP contribution in [0, 0.1) is 17.0 Å². The van der Waals surface area contributed by atoms with Crippen molar-refractivity contribution in [3.05, 3.63) is 74.8 Å². The molecule has 1 aliphatic rings. The van der Waals surface area contributed by atoms with Gasteiger partial charge in [-0.25, -0.2) is 13.8 Å². The number of aromatic amines is 1. The van der Waals surface area contributed by atoms with E-state index in [0.717, 1.165) is 5.56 Å². The smallest absolute Gasteiger partial charge is 0.360 e. The number of H-pyrrole nitrogens is 1. The van der Waals surface area contributed by atoms with E-state index in [1.165, 1.54) is 22.8 Å². The highest BCUT2D eigenvalue weighted by Gasteiger charge is 2.40. The number of halogens is 2. The van der Waals surface area contributed by atoms with Crippen LogP contribution in [0.4, 0.5) is 20.3 Å². The molecule has 9 nitrogen and oxygen atoms in total. The fourth-order valence-corrected chi connectivity index (χ4v) is 4.17. The minimum Gasteiger partial charge on any atom is -0.360 e. The normalized spacial score (nSPS) is 15.3. The van der Waals surface area contributed by atoms with Crippen LogP contribution < -0.4 is 10.5 Å². The molecule has 1 aliphatic heterocycles. The van der Waals surface area contributed by atoms with E-state index in [1.54, 1.807) is 11.8 Å². The zero-order chi connectivity index (χ0) is 23.3. The minimum absolute atomic E-state index is 0.128. The third-order valence-corrected chi connectivity index (χ3v) is 5.71. The summed E-state index contributed by atoms with van der Waals surface area (Å²) in [5.41, 5.74) is 2.41. The Labute approximate surface area is 185 Å². The third kappa shape index (κ3) is 3.51. The zero-order valence-corrected chi connectivity index (χ0v) is 17.5. The Morgan fingerprint density at radius 3 is 2.52 bits per heavy atom. The van der Waals surface area contributed by atoms with Gasteiger partial charge in [0.05, 0.1) is 23.5 Å². The quantitative estimate of drug-likeness (QED) is 0.373. The van der Waals surface area contributed by atoms with Crippen LogP contribution in [-0.4, -0.2) is 43.5 Å². The van der Waals surface area contributed by atoms with Gasteiger partial charge in [0.25, 0.3) is 11.5 Å². The second-order valence-corrected chi connectivity index (χ2v) is 7.93. The molecule has 1 saturated heterocycles. The van der Waals surface area contributed by atoms with Crippen LogP contribution >= 0.6 is 0 Å². The van der Waals surface area contributed by atoms with Gasteiger partial charge in [-0.15, -0.1) is 0 Å². The predicted molar refractivity (Wildman–Crippen MR) is 118 cm³/mol. The molecule has 168 valence electrons. The summed E-state index contributed by atoms with van der Waals surface area (Å²) in [6.45, 7) is 1.29. The highest BCUT2D eigenvalue weighted by atomic mass is 19.3. The molecule has 33 heavy (non-hydrogen) atoms. The Bertz CT molecular complexity index is 1430. The van der Waals surface area contributed by atoms with Crippen LogP contribution in [0.2, 0.25) is 0 Å². The molecule has 0 unspecified atom stereocenters. The monoisotopic (exact) mass is 452 g/mol. The van der Waals surface area contributed by atoms with Crippen LogP contribution in [-0.2, 0) is 0 Å². The summed E-state index contributed by atoms with van der Waals surface area (Å²) in [5, 5.41) is 14.0. The van der Waals surface area contributed by atoms with Crippen LogP contribution in [0.25, 0.3) is 28.0 Å². The number of hydrogen-bond acceptors (Lipinski definition) is 6. The number of alkyl halides is 2. The van der Waals surface area contributed by atoms with Gasteiger partial charge in [-0.1, -0.05) is 30.3 Å². The average Bonchev–Trinajstić information content (AvgIpc) is 3.34. The molecule has 0 amide bonds. The first-order valence-corrected chi connectivity index (χ1v) is 10.2. The third-order valence-electron chi connectivity index (χ3n) is 5.71. The first kappa shape index (κ1) is 20.7. The Hall–Kier alpha value is -4.15. The number of rotatable bonds is 4. The molecule has 0 aliphatic carbocycles. The average molecular weight is 452 g/mol. The van der Waals surface area contributed by atoms with Crippen molar-refractivity contribution in [2.45, 2.75) is 19.3 Å². The lowest BCUT2D eigenvalue weighted by molar-refractivity contribution is -0.389. The summed E-state index contributed by atoms with van der Waals surface area (Å²) in [6, 6.07) is 11.8. The summed E-state index contributed by atoms with van der Waals surface area (Å²) in [5.74, 6) is -3.17. The van der Waals surface area contributed by atoms with Gasteiger partial charge in [-0.05, 0) is 22.9 Å². The molecule has 1 fully saturated rings. The highest BCUT2D eigenvalue weighted by Crippen LogP contribution is 2.39. The second-order valence-electron chi connectivity index (χ2n) is 7.93. The standard InChI is InChI=1S/C22H18F2N6O3/c1-13-17(15-7-8-16(25-11-15)30(32)33)21(31)29-20(26-13)19(28-10-9-22(23,24)12-28)18(27-29)14-5-3-2-4-6-14/h2-8,11,27H,9-10,12H2,1H3. The fraction of sp³-hybridized carbons (Fsp3) is 0.227. The predicted octanol–water partition coefficient (Wildman–Crippen LogP) is 3.81. The van der Waals surface area contributed by atoms with Crippen molar-refractivity contribution < 1.29 is 13.7 Å². The number of aryl methyl sites for hydroxylation is 1. The van der Waals surface area contributed by atoms with Crippen molar-refractivity contribution >= 4 is 17.2 Å². The SMILES string of the molecule is Cc1nc2c(N3CCC(F)(F)C3)c(-c3ccccc3)[nH]n2c(=O)c1-c1ccc([N+](=O)[O-])nc1. The fourth-order valence-electron chi connectivity index (χ4n) is 4.17. The molecule has 0 spiro atoms. The Morgan fingerprint density at radius 1 is 1.15 bits per heavy atom. The van der Waals surface area contributed by atoms with Gasteiger partial charge >= 0.3 is 5.82 Å². The van der Waals surface area contributed by atoms with Crippen molar-refractivity contribution in [2.24, 2.45) is 0 Å². The van der Waals surface area contributed by atoms with Gasteiger partial charge in [-0.3, -0.25) is 9.89 Å². The van der Waals surface area contributed by atoms with Crippen LogP contribution in [0.5, 0.6) is 0 Å². The summed E-state index contributed by atoms with van der Waals surface area (Å²) in [6.07, 6.45) is 0.966. The maximum Gasteiger partial charge on any atom is 0.363 e. The number of nitrogens with one attached hydrogen (secondary N) is 1. The zero-order valence-electron chi connectivity index (χ0n) is 17.5. The van der Waals surface area contributed by atoms with Gasteiger partial charge in [0.2, 0.25) is 0 Å². The molecule has 3 aromatic heterocycles. The lowest BCUT2D eigenvalue weighted by Crippen LogP contribution is -2.26. The number of nitrogens with zero attached hydrogens (tertiary/aromatic N) is 5. The maximum absolute atomic E-state index is 14.1. The van der Waals surface area contributed by atoms with Gasteiger partial charge < -0.3 is 15.0 Å². The van der Waals surface area contributed by atoms with E-state index < -0.39 is 22.9 Å². The second kappa shape index (κ2) is 7.47. The molecular weight excluding hydrogens is 434 g/mol. The van der Waals surface area contributed by atoms with E-state index >= 15 is 0 Å². The largest absolute Gasteiger partial charge is 0.363 e. The van der Waals surface area contributed by atoms with E-state index in [2.05, 4.69) is 15.1 Å². The minimum atomic E-state index is -2.83. The lowest BCUT2D eigenvalue weighted by atomic mass is 10.1. The van der Waals surface area contributed by atoms with E-state index in [1.807, 2.05) is 30.3 Å². The number of pyridine rings is 1. The van der Waals surface area contributed by atoms with Crippen LogP contribution in [0.3, 0.4) is 0 Å².